The van der Waals surface area contributed by atoms with Crippen LogP contribution in [0.5, 0.6) is 0 Å². The van der Waals surface area contributed by atoms with Gasteiger partial charge in [-0.05, 0) is 31.2 Å². The summed E-state index contributed by atoms with van der Waals surface area (Å²) in [5.41, 5.74) is 5.81. The highest BCUT2D eigenvalue weighted by atomic mass is 16.2. The van der Waals surface area contributed by atoms with Crippen LogP contribution in [0.15, 0.2) is 0 Å². The Morgan fingerprint density at radius 2 is 1.95 bits per heavy atom. The van der Waals surface area contributed by atoms with E-state index < -0.39 is 6.04 Å². The van der Waals surface area contributed by atoms with Gasteiger partial charge >= 0.3 is 0 Å². The van der Waals surface area contributed by atoms with Crippen LogP contribution in [0, 0.1) is 5.41 Å². The predicted octanol–water partition coefficient (Wildman–Crippen LogP) is 1.74. The summed E-state index contributed by atoms with van der Waals surface area (Å²) in [5.74, 6) is -0.000455. The number of likely N-dealkylation sites (tertiary alicyclic amines) is 1. The van der Waals surface area contributed by atoms with Crippen molar-refractivity contribution in [1.82, 2.24) is 10.2 Å². The summed E-state index contributed by atoms with van der Waals surface area (Å²) < 4.78 is 0. The van der Waals surface area contributed by atoms with E-state index in [-0.39, 0.29) is 11.3 Å². The Labute approximate surface area is 118 Å². The van der Waals surface area contributed by atoms with Crippen LogP contribution in [0.4, 0.5) is 0 Å². The van der Waals surface area contributed by atoms with E-state index in [9.17, 15) is 4.79 Å². The minimum atomic E-state index is -0.425. The number of unbranched alkanes of at least 4 members (excludes halogenated alkanes) is 1. The van der Waals surface area contributed by atoms with Crippen molar-refractivity contribution >= 4 is 5.91 Å². The molecule has 1 amide bonds. The summed E-state index contributed by atoms with van der Waals surface area (Å²) in [5, 5.41) is 3.11. The topological polar surface area (TPSA) is 58.4 Å². The van der Waals surface area contributed by atoms with Gasteiger partial charge in [0.05, 0.1) is 6.04 Å². The van der Waals surface area contributed by atoms with E-state index in [2.05, 4.69) is 17.1 Å². The zero-order valence-electron chi connectivity index (χ0n) is 13.0. The largest absolute Gasteiger partial charge is 0.352 e. The van der Waals surface area contributed by atoms with Crippen molar-refractivity contribution in [3.05, 3.63) is 0 Å². The van der Waals surface area contributed by atoms with Crippen molar-refractivity contribution in [2.24, 2.45) is 11.1 Å². The molecule has 0 unspecified atom stereocenters. The van der Waals surface area contributed by atoms with Crippen molar-refractivity contribution in [3.8, 4) is 0 Å². The van der Waals surface area contributed by atoms with E-state index in [0.717, 1.165) is 25.9 Å². The normalized spacial score (nSPS) is 20.3. The van der Waals surface area contributed by atoms with Crippen LogP contribution in [0.3, 0.4) is 0 Å². The molecular weight excluding hydrogens is 238 g/mol. The first kappa shape index (κ1) is 16.4. The molecule has 0 spiro atoms. The quantitative estimate of drug-likeness (QED) is 0.799. The Kier molecular flexibility index (Phi) is 6.27. The fraction of sp³-hybridized carbons (Fsp3) is 0.933. The van der Waals surface area contributed by atoms with Crippen LogP contribution in [0.1, 0.15) is 53.4 Å². The summed E-state index contributed by atoms with van der Waals surface area (Å²) in [6, 6.07) is -0.121. The van der Waals surface area contributed by atoms with Gasteiger partial charge in [0.15, 0.2) is 0 Å². The lowest BCUT2D eigenvalue weighted by molar-refractivity contribution is -0.125. The maximum Gasteiger partial charge on any atom is 0.237 e. The number of amides is 1. The number of nitrogens with zero attached hydrogens (tertiary/aromatic N) is 1. The summed E-state index contributed by atoms with van der Waals surface area (Å²) in [7, 11) is 0. The van der Waals surface area contributed by atoms with E-state index in [1.165, 1.54) is 19.4 Å². The van der Waals surface area contributed by atoms with Gasteiger partial charge in [-0.25, -0.2) is 0 Å². The van der Waals surface area contributed by atoms with Gasteiger partial charge in [-0.2, -0.15) is 0 Å². The smallest absolute Gasteiger partial charge is 0.237 e. The van der Waals surface area contributed by atoms with Crippen molar-refractivity contribution in [2.75, 3.05) is 19.6 Å². The Morgan fingerprint density at radius 3 is 2.42 bits per heavy atom. The van der Waals surface area contributed by atoms with Crippen molar-refractivity contribution in [3.63, 3.8) is 0 Å². The van der Waals surface area contributed by atoms with Crippen LogP contribution in [-0.4, -0.2) is 42.5 Å². The molecule has 1 heterocycles. The van der Waals surface area contributed by atoms with Gasteiger partial charge in [0, 0.05) is 19.1 Å². The molecule has 3 N–H and O–H groups in total. The van der Waals surface area contributed by atoms with Gasteiger partial charge in [0.2, 0.25) is 5.91 Å². The van der Waals surface area contributed by atoms with Gasteiger partial charge in [0.25, 0.3) is 0 Å². The molecule has 19 heavy (non-hydrogen) atoms. The second-order valence-corrected chi connectivity index (χ2v) is 6.82. The van der Waals surface area contributed by atoms with Crippen molar-refractivity contribution in [1.29, 1.82) is 0 Å². The Bertz CT molecular complexity index is 278. The molecule has 1 aliphatic rings. The third kappa shape index (κ3) is 5.49. The molecule has 1 fully saturated rings. The summed E-state index contributed by atoms with van der Waals surface area (Å²) in [6.07, 6.45) is 4.61. The van der Waals surface area contributed by atoms with Crippen molar-refractivity contribution in [2.45, 2.75) is 65.5 Å². The molecule has 1 atom stereocenters. The maximum atomic E-state index is 12.1. The number of piperidine rings is 1. The molecular formula is C15H31N3O. The second kappa shape index (κ2) is 7.25. The number of rotatable bonds is 5. The standard InChI is InChI=1S/C15H31N3O/c1-5-6-9-18-10-7-12(8-11-18)17-14(19)13(16)15(2,3)4/h12-13H,5-11,16H2,1-4H3,(H,17,19)/t13-/m1/s1. The van der Waals surface area contributed by atoms with E-state index in [4.69, 9.17) is 5.73 Å². The Morgan fingerprint density at radius 1 is 1.37 bits per heavy atom. The van der Waals surface area contributed by atoms with Gasteiger partial charge in [0.1, 0.15) is 0 Å². The average Bonchev–Trinajstić information content (AvgIpc) is 2.36. The van der Waals surface area contributed by atoms with Gasteiger partial charge in [-0.3, -0.25) is 4.79 Å². The fourth-order valence-corrected chi connectivity index (χ4v) is 2.37. The third-order valence-corrected chi connectivity index (χ3v) is 3.98. The average molecular weight is 269 g/mol. The summed E-state index contributed by atoms with van der Waals surface area (Å²) in [4.78, 5) is 14.6. The first-order chi connectivity index (χ1) is 8.84. The molecule has 4 nitrogen and oxygen atoms in total. The number of carbonyl (C=O) groups is 1. The number of nitrogens with two attached hydrogens (primary N) is 1. The zero-order valence-corrected chi connectivity index (χ0v) is 13.0. The highest BCUT2D eigenvalue weighted by molar-refractivity contribution is 5.82. The minimum absolute atomic E-state index is 0.000455. The van der Waals surface area contributed by atoms with Crippen LogP contribution >= 0.6 is 0 Å². The lowest BCUT2D eigenvalue weighted by atomic mass is 9.86. The van der Waals surface area contributed by atoms with E-state index in [1.54, 1.807) is 0 Å². The number of hydrogen-bond donors (Lipinski definition) is 2. The molecule has 0 aliphatic carbocycles. The van der Waals surface area contributed by atoms with Gasteiger partial charge < -0.3 is 16.0 Å². The van der Waals surface area contributed by atoms with E-state index in [1.807, 2.05) is 20.8 Å². The van der Waals surface area contributed by atoms with Crippen molar-refractivity contribution < 1.29 is 4.79 Å². The first-order valence-corrected chi connectivity index (χ1v) is 7.63. The third-order valence-electron chi connectivity index (χ3n) is 3.98. The molecule has 0 saturated carbocycles. The molecule has 0 aromatic rings. The Hall–Kier alpha value is -0.610. The SMILES string of the molecule is CCCCN1CCC(NC(=O)[C@@H](N)C(C)(C)C)CC1. The van der Waals surface area contributed by atoms with Crippen LogP contribution < -0.4 is 11.1 Å². The number of nitrogens with one attached hydrogen (secondary N) is 1. The first-order valence-electron chi connectivity index (χ1n) is 7.63. The fourth-order valence-electron chi connectivity index (χ4n) is 2.37. The molecule has 0 aromatic heterocycles. The maximum absolute atomic E-state index is 12.1. The molecule has 4 heteroatoms. The highest BCUT2D eigenvalue weighted by Crippen LogP contribution is 2.18. The molecule has 1 saturated heterocycles. The molecule has 0 aromatic carbocycles. The van der Waals surface area contributed by atoms with Crippen LogP contribution in [0.2, 0.25) is 0 Å². The summed E-state index contributed by atoms with van der Waals surface area (Å²) >= 11 is 0. The lowest BCUT2D eigenvalue weighted by Crippen LogP contribution is -2.53. The minimum Gasteiger partial charge on any atom is -0.352 e. The molecule has 112 valence electrons. The second-order valence-electron chi connectivity index (χ2n) is 6.82. The molecule has 1 aliphatic heterocycles. The lowest BCUT2D eigenvalue weighted by Gasteiger charge is -2.34. The van der Waals surface area contributed by atoms with Crippen LogP contribution in [-0.2, 0) is 4.79 Å². The molecule has 0 radical (unpaired) electrons. The zero-order chi connectivity index (χ0) is 14.5. The number of hydrogen-bond acceptors (Lipinski definition) is 3. The Balaban J connectivity index is 2.31. The van der Waals surface area contributed by atoms with E-state index >= 15 is 0 Å². The van der Waals surface area contributed by atoms with Gasteiger partial charge in [-0.1, -0.05) is 34.1 Å². The predicted molar refractivity (Wildman–Crippen MR) is 79.9 cm³/mol. The summed E-state index contributed by atoms with van der Waals surface area (Å²) in [6.45, 7) is 11.6. The molecule has 1 rings (SSSR count). The monoisotopic (exact) mass is 269 g/mol. The number of carbonyl (C=O) groups excluding carboxylic acids is 1. The van der Waals surface area contributed by atoms with E-state index in [0.29, 0.717) is 6.04 Å². The highest BCUT2D eigenvalue weighted by Gasteiger charge is 2.29. The molecule has 0 bridgehead atoms. The van der Waals surface area contributed by atoms with Crippen LogP contribution in [0.25, 0.3) is 0 Å². The van der Waals surface area contributed by atoms with Gasteiger partial charge in [-0.15, -0.1) is 0 Å².